The lowest BCUT2D eigenvalue weighted by atomic mass is 10.6. The van der Waals surface area contributed by atoms with Gasteiger partial charge in [-0.3, -0.25) is 0 Å². The third kappa shape index (κ3) is 2.92. The Morgan fingerprint density at radius 3 is 3.07 bits per heavy atom. The third-order valence-electron chi connectivity index (χ3n) is 1.98. The first-order valence-corrected chi connectivity index (χ1v) is 5.92. The van der Waals surface area contributed by atoms with Crippen LogP contribution < -0.4 is 10.6 Å². The lowest BCUT2D eigenvalue weighted by Crippen LogP contribution is -2.35. The molecule has 1 aromatic heterocycles. The van der Waals surface area contributed by atoms with Gasteiger partial charge in [-0.1, -0.05) is 0 Å². The normalized spacial score (nSPS) is 15.2. The monoisotopic (exact) mass is 227 g/mol. The predicted molar refractivity (Wildman–Crippen MR) is 62.4 cm³/mol. The van der Waals surface area contributed by atoms with E-state index >= 15 is 0 Å². The maximum absolute atomic E-state index is 5.13. The Kier molecular flexibility index (Phi) is 2.98. The van der Waals surface area contributed by atoms with Crippen molar-refractivity contribution in [1.29, 1.82) is 0 Å². The first kappa shape index (κ1) is 9.86. The van der Waals surface area contributed by atoms with Crippen LogP contribution in [0.1, 0.15) is 22.7 Å². The van der Waals surface area contributed by atoms with E-state index in [1.54, 1.807) is 11.3 Å². The second kappa shape index (κ2) is 4.23. The molecule has 0 radical (unpaired) electrons. The van der Waals surface area contributed by atoms with Gasteiger partial charge in [-0.15, -0.1) is 11.3 Å². The number of aromatic nitrogens is 1. The van der Waals surface area contributed by atoms with E-state index in [2.05, 4.69) is 22.5 Å². The summed E-state index contributed by atoms with van der Waals surface area (Å²) in [7, 11) is 0. The highest BCUT2D eigenvalue weighted by molar-refractivity contribution is 7.80. The molecule has 1 heterocycles. The van der Waals surface area contributed by atoms with Gasteiger partial charge >= 0.3 is 0 Å². The van der Waals surface area contributed by atoms with Crippen molar-refractivity contribution in [1.82, 2.24) is 15.6 Å². The minimum atomic E-state index is 0.619. The maximum Gasteiger partial charge on any atom is 0.166 e. The molecule has 0 aromatic carbocycles. The number of aryl methyl sites for hydroxylation is 1. The van der Waals surface area contributed by atoms with Gasteiger partial charge in [0, 0.05) is 17.1 Å². The van der Waals surface area contributed by atoms with Crippen LogP contribution >= 0.6 is 23.6 Å². The Morgan fingerprint density at radius 1 is 1.71 bits per heavy atom. The topological polar surface area (TPSA) is 37.0 Å². The molecule has 5 heteroatoms. The van der Waals surface area contributed by atoms with E-state index in [4.69, 9.17) is 12.2 Å². The molecule has 76 valence electrons. The van der Waals surface area contributed by atoms with Crippen molar-refractivity contribution in [3.8, 4) is 0 Å². The van der Waals surface area contributed by atoms with Crippen molar-refractivity contribution < 1.29 is 0 Å². The van der Waals surface area contributed by atoms with Crippen LogP contribution in [0.3, 0.4) is 0 Å². The quantitative estimate of drug-likeness (QED) is 0.769. The Labute approximate surface area is 92.9 Å². The van der Waals surface area contributed by atoms with Crippen molar-refractivity contribution in [2.45, 2.75) is 32.4 Å². The number of thiazole rings is 1. The lowest BCUT2D eigenvalue weighted by Gasteiger charge is -2.07. The fraction of sp³-hybridized carbons (Fsp3) is 0.556. The molecule has 0 unspecified atom stereocenters. The van der Waals surface area contributed by atoms with E-state index in [1.807, 2.05) is 6.20 Å². The number of nitrogens with one attached hydrogen (secondary N) is 2. The van der Waals surface area contributed by atoms with Gasteiger partial charge in [-0.25, -0.2) is 4.98 Å². The zero-order valence-corrected chi connectivity index (χ0v) is 9.67. The fourth-order valence-corrected chi connectivity index (χ4v) is 2.07. The molecule has 1 saturated carbocycles. The molecule has 0 spiro atoms. The Balaban J connectivity index is 1.73. The van der Waals surface area contributed by atoms with Gasteiger partial charge in [-0.2, -0.15) is 0 Å². The van der Waals surface area contributed by atoms with E-state index in [1.165, 1.54) is 17.7 Å². The average molecular weight is 227 g/mol. The maximum atomic E-state index is 5.13. The molecule has 0 bridgehead atoms. The van der Waals surface area contributed by atoms with Gasteiger partial charge in [0.05, 0.1) is 6.54 Å². The molecule has 1 aromatic rings. The Morgan fingerprint density at radius 2 is 2.50 bits per heavy atom. The summed E-state index contributed by atoms with van der Waals surface area (Å²) in [6.45, 7) is 2.79. The number of hydrogen-bond acceptors (Lipinski definition) is 3. The molecule has 3 nitrogen and oxygen atoms in total. The van der Waals surface area contributed by atoms with Gasteiger partial charge in [0.1, 0.15) is 5.01 Å². The van der Waals surface area contributed by atoms with Gasteiger partial charge < -0.3 is 10.6 Å². The van der Waals surface area contributed by atoms with Gasteiger partial charge in [0.25, 0.3) is 0 Å². The summed E-state index contributed by atoms with van der Waals surface area (Å²) in [5.74, 6) is 0. The molecule has 1 fully saturated rings. The first-order chi connectivity index (χ1) is 6.74. The molecule has 0 amide bonds. The summed E-state index contributed by atoms with van der Waals surface area (Å²) in [4.78, 5) is 5.49. The summed E-state index contributed by atoms with van der Waals surface area (Å²) in [6.07, 6.45) is 4.38. The SMILES string of the molecule is Cc1cnc(CNC(=S)NC2CC2)s1. The highest BCUT2D eigenvalue weighted by Gasteiger charge is 2.21. The van der Waals surface area contributed by atoms with Crippen molar-refractivity contribution in [2.24, 2.45) is 0 Å². The lowest BCUT2D eigenvalue weighted by molar-refractivity contribution is 0.824. The molecular weight excluding hydrogens is 214 g/mol. The molecule has 2 N–H and O–H groups in total. The van der Waals surface area contributed by atoms with Crippen molar-refractivity contribution in [3.05, 3.63) is 16.1 Å². The zero-order valence-electron chi connectivity index (χ0n) is 8.04. The number of hydrogen-bond donors (Lipinski definition) is 2. The summed E-state index contributed by atoms with van der Waals surface area (Å²) in [6, 6.07) is 0.619. The van der Waals surface area contributed by atoms with E-state index < -0.39 is 0 Å². The van der Waals surface area contributed by atoms with Crippen LogP contribution in [0.2, 0.25) is 0 Å². The average Bonchev–Trinajstić information content (AvgIpc) is 2.85. The van der Waals surface area contributed by atoms with Crippen LogP contribution in [0, 0.1) is 6.92 Å². The molecule has 14 heavy (non-hydrogen) atoms. The summed E-state index contributed by atoms with van der Waals surface area (Å²) in [5, 5.41) is 8.22. The van der Waals surface area contributed by atoms with Crippen LogP contribution in [0.25, 0.3) is 0 Å². The number of rotatable bonds is 3. The fourth-order valence-electron chi connectivity index (χ4n) is 1.10. The minimum Gasteiger partial charge on any atom is -0.360 e. The zero-order chi connectivity index (χ0) is 9.97. The Hall–Kier alpha value is -0.680. The van der Waals surface area contributed by atoms with Gasteiger partial charge in [-0.05, 0) is 32.0 Å². The van der Waals surface area contributed by atoms with Crippen LogP contribution in [0.4, 0.5) is 0 Å². The van der Waals surface area contributed by atoms with Gasteiger partial charge in [0.2, 0.25) is 0 Å². The number of nitrogens with zero attached hydrogens (tertiary/aromatic N) is 1. The molecule has 0 aliphatic heterocycles. The van der Waals surface area contributed by atoms with Crippen LogP contribution in [0.15, 0.2) is 6.20 Å². The smallest absolute Gasteiger partial charge is 0.166 e. The van der Waals surface area contributed by atoms with Crippen LogP contribution in [-0.2, 0) is 6.54 Å². The Bertz CT molecular complexity index is 331. The minimum absolute atomic E-state index is 0.619. The number of thiocarbonyl (C=S) groups is 1. The standard InChI is InChI=1S/C9H13N3S2/c1-6-4-10-8(14-6)5-11-9(13)12-7-2-3-7/h4,7H,2-3,5H2,1H3,(H2,11,12,13). The first-order valence-electron chi connectivity index (χ1n) is 4.70. The highest BCUT2D eigenvalue weighted by Crippen LogP contribution is 2.18. The van der Waals surface area contributed by atoms with Crippen molar-refractivity contribution in [3.63, 3.8) is 0 Å². The van der Waals surface area contributed by atoms with E-state index in [9.17, 15) is 0 Å². The highest BCUT2D eigenvalue weighted by atomic mass is 32.1. The van der Waals surface area contributed by atoms with E-state index in [0.717, 1.165) is 16.7 Å². The molecule has 0 saturated heterocycles. The summed E-state index contributed by atoms with van der Waals surface area (Å²) < 4.78 is 0. The largest absolute Gasteiger partial charge is 0.360 e. The summed E-state index contributed by atoms with van der Waals surface area (Å²) >= 11 is 6.83. The summed E-state index contributed by atoms with van der Waals surface area (Å²) in [5.41, 5.74) is 0. The third-order valence-corrected chi connectivity index (χ3v) is 3.16. The second-order valence-electron chi connectivity index (χ2n) is 3.47. The molecule has 1 aliphatic carbocycles. The molecule has 2 rings (SSSR count). The van der Waals surface area contributed by atoms with Crippen molar-refractivity contribution >= 4 is 28.7 Å². The van der Waals surface area contributed by atoms with Crippen LogP contribution in [-0.4, -0.2) is 16.1 Å². The molecule has 1 aliphatic rings. The van der Waals surface area contributed by atoms with E-state index in [-0.39, 0.29) is 0 Å². The van der Waals surface area contributed by atoms with Crippen molar-refractivity contribution in [2.75, 3.05) is 0 Å². The molecular formula is C9H13N3S2. The predicted octanol–water partition coefficient (Wildman–Crippen LogP) is 1.58. The van der Waals surface area contributed by atoms with E-state index in [0.29, 0.717) is 6.04 Å². The molecule has 0 atom stereocenters. The second-order valence-corrected chi connectivity index (χ2v) is 5.19. The van der Waals surface area contributed by atoms with Gasteiger partial charge in [0.15, 0.2) is 5.11 Å². The van der Waals surface area contributed by atoms with Crippen LogP contribution in [0.5, 0.6) is 0 Å².